The standard InChI is InChI=1S/C16H29F3N2/c1-2-20-12-15(8-4-3-5-9-15)13-21-10-6-14(7-11-21)16(17,18)19/h14,20H,2-13H2,1H3. The number of rotatable bonds is 5. The average molecular weight is 306 g/mol. The Morgan fingerprint density at radius 1 is 1.10 bits per heavy atom. The quantitative estimate of drug-likeness (QED) is 0.830. The fourth-order valence-electron chi connectivity index (χ4n) is 3.98. The Morgan fingerprint density at radius 2 is 1.71 bits per heavy atom. The van der Waals surface area contributed by atoms with Crippen molar-refractivity contribution < 1.29 is 13.2 Å². The molecule has 0 amide bonds. The van der Waals surface area contributed by atoms with E-state index in [2.05, 4.69) is 17.1 Å². The van der Waals surface area contributed by atoms with Gasteiger partial charge in [-0.1, -0.05) is 26.2 Å². The minimum Gasteiger partial charge on any atom is -0.316 e. The molecule has 1 heterocycles. The third-order valence-electron chi connectivity index (χ3n) is 5.27. The van der Waals surface area contributed by atoms with Gasteiger partial charge in [-0.25, -0.2) is 0 Å². The van der Waals surface area contributed by atoms with E-state index in [-0.39, 0.29) is 12.8 Å². The molecule has 0 radical (unpaired) electrons. The number of likely N-dealkylation sites (tertiary alicyclic amines) is 1. The van der Waals surface area contributed by atoms with Gasteiger partial charge in [0.25, 0.3) is 0 Å². The summed E-state index contributed by atoms with van der Waals surface area (Å²) in [7, 11) is 0. The number of hydrogen-bond acceptors (Lipinski definition) is 2. The van der Waals surface area contributed by atoms with E-state index in [1.54, 1.807) is 0 Å². The summed E-state index contributed by atoms with van der Waals surface area (Å²) in [5, 5.41) is 3.47. The van der Waals surface area contributed by atoms with Gasteiger partial charge in [0.15, 0.2) is 0 Å². The normalized spacial score (nSPS) is 25.1. The highest BCUT2D eigenvalue weighted by Gasteiger charge is 2.42. The molecular weight excluding hydrogens is 277 g/mol. The van der Waals surface area contributed by atoms with E-state index in [0.717, 1.165) is 19.6 Å². The highest BCUT2D eigenvalue weighted by atomic mass is 19.4. The molecule has 1 N–H and O–H groups in total. The monoisotopic (exact) mass is 306 g/mol. The van der Waals surface area contributed by atoms with Crippen LogP contribution in [0.4, 0.5) is 13.2 Å². The predicted octanol–water partition coefficient (Wildman–Crippen LogP) is 3.82. The molecule has 124 valence electrons. The molecule has 0 spiro atoms. The lowest BCUT2D eigenvalue weighted by Crippen LogP contribution is -2.48. The summed E-state index contributed by atoms with van der Waals surface area (Å²) < 4.78 is 38.2. The molecule has 1 aliphatic carbocycles. The van der Waals surface area contributed by atoms with Crippen LogP contribution in [0.5, 0.6) is 0 Å². The molecule has 2 aliphatic rings. The molecule has 2 rings (SSSR count). The third kappa shape index (κ3) is 4.85. The van der Waals surface area contributed by atoms with Gasteiger partial charge in [0.1, 0.15) is 0 Å². The molecule has 5 heteroatoms. The van der Waals surface area contributed by atoms with E-state index in [0.29, 0.717) is 18.5 Å². The number of alkyl halides is 3. The summed E-state index contributed by atoms with van der Waals surface area (Å²) in [6, 6.07) is 0. The third-order valence-corrected chi connectivity index (χ3v) is 5.27. The molecule has 2 nitrogen and oxygen atoms in total. The van der Waals surface area contributed by atoms with Crippen LogP contribution in [0.2, 0.25) is 0 Å². The highest BCUT2D eigenvalue weighted by molar-refractivity contribution is 4.89. The molecule has 0 unspecified atom stereocenters. The van der Waals surface area contributed by atoms with Crippen LogP contribution in [-0.2, 0) is 0 Å². The number of piperidine rings is 1. The SMILES string of the molecule is CCNCC1(CN2CCC(C(F)(F)F)CC2)CCCCC1. The largest absolute Gasteiger partial charge is 0.391 e. The lowest BCUT2D eigenvalue weighted by atomic mass is 9.73. The Hall–Kier alpha value is -0.290. The van der Waals surface area contributed by atoms with Crippen molar-refractivity contribution in [2.75, 3.05) is 32.7 Å². The molecule has 0 aromatic rings. The second kappa shape index (κ2) is 7.32. The number of hydrogen-bond donors (Lipinski definition) is 1. The van der Waals surface area contributed by atoms with Crippen molar-refractivity contribution in [3.63, 3.8) is 0 Å². The molecule has 21 heavy (non-hydrogen) atoms. The fourth-order valence-corrected chi connectivity index (χ4v) is 3.98. The predicted molar refractivity (Wildman–Crippen MR) is 79.3 cm³/mol. The maximum atomic E-state index is 12.7. The first-order chi connectivity index (χ1) is 9.95. The van der Waals surface area contributed by atoms with E-state index in [4.69, 9.17) is 0 Å². The van der Waals surface area contributed by atoms with Crippen LogP contribution >= 0.6 is 0 Å². The van der Waals surface area contributed by atoms with Gasteiger partial charge >= 0.3 is 6.18 Å². The maximum absolute atomic E-state index is 12.7. The number of halogens is 3. The minimum atomic E-state index is -4.00. The minimum absolute atomic E-state index is 0.279. The first-order valence-electron chi connectivity index (χ1n) is 8.45. The zero-order chi connectivity index (χ0) is 15.3. The van der Waals surface area contributed by atoms with Crippen molar-refractivity contribution in [3.05, 3.63) is 0 Å². The average Bonchev–Trinajstić information content (AvgIpc) is 2.46. The van der Waals surface area contributed by atoms with Gasteiger partial charge < -0.3 is 10.2 Å². The maximum Gasteiger partial charge on any atom is 0.391 e. The van der Waals surface area contributed by atoms with Crippen molar-refractivity contribution in [3.8, 4) is 0 Å². The fraction of sp³-hybridized carbons (Fsp3) is 1.00. The van der Waals surface area contributed by atoms with Crippen LogP contribution in [0.1, 0.15) is 51.9 Å². The topological polar surface area (TPSA) is 15.3 Å². The first kappa shape index (κ1) is 17.1. The molecule has 1 aliphatic heterocycles. The molecule has 0 aromatic heterocycles. The second-order valence-corrected chi connectivity index (χ2v) is 6.93. The van der Waals surface area contributed by atoms with Gasteiger partial charge in [0.2, 0.25) is 0 Å². The van der Waals surface area contributed by atoms with Crippen molar-refractivity contribution in [2.45, 2.75) is 58.0 Å². The molecule has 0 bridgehead atoms. The van der Waals surface area contributed by atoms with Crippen molar-refractivity contribution in [2.24, 2.45) is 11.3 Å². The Balaban J connectivity index is 1.87. The van der Waals surface area contributed by atoms with E-state index in [9.17, 15) is 13.2 Å². The van der Waals surface area contributed by atoms with Crippen LogP contribution in [0.3, 0.4) is 0 Å². The van der Waals surface area contributed by atoms with Crippen molar-refractivity contribution in [1.82, 2.24) is 10.2 Å². The summed E-state index contributed by atoms with van der Waals surface area (Å²) in [6.45, 7) is 6.30. The zero-order valence-corrected chi connectivity index (χ0v) is 13.1. The summed E-state index contributed by atoms with van der Waals surface area (Å²) in [5.74, 6) is -1.08. The summed E-state index contributed by atoms with van der Waals surface area (Å²) in [4.78, 5) is 2.28. The first-order valence-corrected chi connectivity index (χ1v) is 8.45. The molecule has 1 saturated carbocycles. The molecule has 2 fully saturated rings. The molecule has 1 saturated heterocycles. The van der Waals surface area contributed by atoms with Gasteiger partial charge in [0, 0.05) is 13.1 Å². The Bertz CT molecular complexity index is 303. The molecule has 0 aromatic carbocycles. The van der Waals surface area contributed by atoms with Crippen LogP contribution in [0.25, 0.3) is 0 Å². The van der Waals surface area contributed by atoms with Crippen LogP contribution in [-0.4, -0.2) is 43.8 Å². The molecule has 0 atom stereocenters. The Labute approximate surface area is 126 Å². The summed E-state index contributed by atoms with van der Waals surface area (Å²) in [5.41, 5.74) is 0.291. The molecular formula is C16H29F3N2. The van der Waals surface area contributed by atoms with Crippen LogP contribution in [0, 0.1) is 11.3 Å². The van der Waals surface area contributed by atoms with Gasteiger partial charge in [-0.15, -0.1) is 0 Å². The van der Waals surface area contributed by atoms with Crippen molar-refractivity contribution >= 4 is 0 Å². The summed E-state index contributed by atoms with van der Waals surface area (Å²) >= 11 is 0. The lowest BCUT2D eigenvalue weighted by Gasteiger charge is -2.43. The Kier molecular flexibility index (Phi) is 5.95. The van der Waals surface area contributed by atoms with E-state index < -0.39 is 12.1 Å². The second-order valence-electron chi connectivity index (χ2n) is 6.93. The van der Waals surface area contributed by atoms with Crippen LogP contribution in [0.15, 0.2) is 0 Å². The van der Waals surface area contributed by atoms with Gasteiger partial charge in [-0.05, 0) is 50.7 Å². The number of nitrogens with one attached hydrogen (secondary N) is 1. The van der Waals surface area contributed by atoms with Gasteiger partial charge in [-0.2, -0.15) is 13.2 Å². The smallest absolute Gasteiger partial charge is 0.316 e. The van der Waals surface area contributed by atoms with Gasteiger partial charge in [-0.3, -0.25) is 0 Å². The van der Waals surface area contributed by atoms with E-state index in [1.807, 2.05) is 0 Å². The summed E-state index contributed by atoms with van der Waals surface area (Å²) in [6.07, 6.45) is 2.84. The lowest BCUT2D eigenvalue weighted by molar-refractivity contribution is -0.185. The van der Waals surface area contributed by atoms with Gasteiger partial charge in [0.05, 0.1) is 5.92 Å². The van der Waals surface area contributed by atoms with E-state index in [1.165, 1.54) is 32.1 Å². The number of nitrogens with zero attached hydrogens (tertiary/aromatic N) is 1. The van der Waals surface area contributed by atoms with Crippen molar-refractivity contribution in [1.29, 1.82) is 0 Å². The Morgan fingerprint density at radius 3 is 2.24 bits per heavy atom. The highest BCUT2D eigenvalue weighted by Crippen LogP contribution is 2.39. The zero-order valence-electron chi connectivity index (χ0n) is 13.1. The van der Waals surface area contributed by atoms with E-state index >= 15 is 0 Å². The van der Waals surface area contributed by atoms with Crippen LogP contribution < -0.4 is 5.32 Å².